The monoisotopic (exact) mass is 385 g/mol. The van der Waals surface area contributed by atoms with Crippen molar-refractivity contribution in [2.75, 3.05) is 0 Å². The lowest BCUT2D eigenvalue weighted by molar-refractivity contribution is -0.137. The van der Waals surface area contributed by atoms with Crippen LogP contribution < -0.4 is 0 Å². The number of nitrogens with one attached hydrogen (secondary N) is 1. The topological polar surface area (TPSA) is 54.7 Å². The summed E-state index contributed by atoms with van der Waals surface area (Å²) in [7, 11) is 0. The standard InChI is InChI=1S/C21H18F3N3O/c1-12(2)9-14-11-19(28-27-14)20-25-17-8-7-13(10-18(17)26-20)15-5-3-4-6-16(15)21(22,23)24/h3-8,10-12H,9H2,1-2H3,(H,25,26). The maximum absolute atomic E-state index is 13.3. The molecule has 7 heteroatoms. The van der Waals surface area contributed by atoms with Crippen LogP contribution in [0.1, 0.15) is 25.1 Å². The van der Waals surface area contributed by atoms with Gasteiger partial charge < -0.3 is 9.51 Å². The number of H-pyrrole nitrogens is 1. The van der Waals surface area contributed by atoms with Crippen LogP contribution in [0.25, 0.3) is 33.7 Å². The Labute approximate surface area is 159 Å². The minimum Gasteiger partial charge on any atom is -0.353 e. The molecule has 4 nitrogen and oxygen atoms in total. The molecule has 2 heterocycles. The highest BCUT2D eigenvalue weighted by Gasteiger charge is 2.33. The van der Waals surface area contributed by atoms with Gasteiger partial charge in [0.25, 0.3) is 0 Å². The summed E-state index contributed by atoms with van der Waals surface area (Å²) >= 11 is 0. The quantitative estimate of drug-likeness (QED) is 0.462. The zero-order chi connectivity index (χ0) is 19.9. The average Bonchev–Trinajstić information content (AvgIpc) is 3.26. The summed E-state index contributed by atoms with van der Waals surface area (Å²) < 4.78 is 45.3. The third kappa shape index (κ3) is 3.52. The molecule has 0 amide bonds. The second-order valence-corrected chi connectivity index (χ2v) is 7.14. The van der Waals surface area contributed by atoms with Crippen LogP contribution in [-0.4, -0.2) is 15.1 Å². The minimum atomic E-state index is -4.42. The molecule has 144 valence electrons. The largest absolute Gasteiger partial charge is 0.417 e. The predicted molar refractivity (Wildman–Crippen MR) is 101 cm³/mol. The van der Waals surface area contributed by atoms with Crippen molar-refractivity contribution < 1.29 is 17.7 Å². The van der Waals surface area contributed by atoms with Crippen molar-refractivity contribution in [3.05, 3.63) is 59.8 Å². The normalized spacial score (nSPS) is 12.2. The summed E-state index contributed by atoms with van der Waals surface area (Å²) in [5.41, 5.74) is 2.03. The van der Waals surface area contributed by atoms with E-state index >= 15 is 0 Å². The number of hydrogen-bond acceptors (Lipinski definition) is 3. The van der Waals surface area contributed by atoms with Crippen molar-refractivity contribution in [2.24, 2.45) is 5.92 Å². The molecule has 0 atom stereocenters. The Morgan fingerprint density at radius 3 is 2.61 bits per heavy atom. The molecular formula is C21H18F3N3O. The summed E-state index contributed by atoms with van der Waals surface area (Å²) in [6.45, 7) is 4.19. The van der Waals surface area contributed by atoms with Gasteiger partial charge in [-0.3, -0.25) is 0 Å². The van der Waals surface area contributed by atoms with Gasteiger partial charge in [-0.2, -0.15) is 13.2 Å². The summed E-state index contributed by atoms with van der Waals surface area (Å²) in [6.07, 6.45) is -3.63. The molecule has 4 rings (SSSR count). The Morgan fingerprint density at radius 2 is 1.86 bits per heavy atom. The number of aromatic nitrogens is 3. The number of nitrogens with zero attached hydrogens (tertiary/aromatic N) is 2. The fourth-order valence-corrected chi connectivity index (χ4v) is 3.21. The van der Waals surface area contributed by atoms with E-state index in [2.05, 4.69) is 29.0 Å². The van der Waals surface area contributed by atoms with Gasteiger partial charge in [0.05, 0.1) is 22.3 Å². The molecule has 2 aromatic carbocycles. The SMILES string of the molecule is CC(C)Cc1cc(-c2nc3cc(-c4ccccc4C(F)(F)F)ccc3[nH]2)on1. The Bertz CT molecular complexity index is 1130. The second kappa shape index (κ2) is 6.82. The van der Waals surface area contributed by atoms with Gasteiger partial charge in [-0.25, -0.2) is 4.98 Å². The van der Waals surface area contributed by atoms with Gasteiger partial charge in [0.15, 0.2) is 5.82 Å². The first-order chi connectivity index (χ1) is 13.3. The Balaban J connectivity index is 1.73. The molecule has 1 N–H and O–H groups in total. The second-order valence-electron chi connectivity index (χ2n) is 7.14. The molecule has 0 fully saturated rings. The highest BCUT2D eigenvalue weighted by atomic mass is 19.4. The lowest BCUT2D eigenvalue weighted by atomic mass is 9.99. The number of imidazole rings is 1. The van der Waals surface area contributed by atoms with Crippen LogP contribution in [0.3, 0.4) is 0 Å². The molecule has 0 bridgehead atoms. The predicted octanol–water partition coefficient (Wildman–Crippen LogP) is 6.10. The molecule has 0 aliphatic heterocycles. The number of halogens is 3. The van der Waals surface area contributed by atoms with Crippen molar-refractivity contribution >= 4 is 11.0 Å². The van der Waals surface area contributed by atoms with E-state index in [4.69, 9.17) is 4.52 Å². The van der Waals surface area contributed by atoms with E-state index < -0.39 is 11.7 Å². The molecule has 0 spiro atoms. The van der Waals surface area contributed by atoms with Crippen LogP contribution in [0.2, 0.25) is 0 Å². The lowest BCUT2D eigenvalue weighted by Gasteiger charge is -2.12. The maximum Gasteiger partial charge on any atom is 0.417 e. The van der Waals surface area contributed by atoms with Gasteiger partial charge in [-0.05, 0) is 41.7 Å². The summed E-state index contributed by atoms with van der Waals surface area (Å²) in [5.74, 6) is 1.45. The van der Waals surface area contributed by atoms with E-state index in [0.717, 1.165) is 18.2 Å². The van der Waals surface area contributed by atoms with Gasteiger partial charge in [-0.15, -0.1) is 0 Å². The zero-order valence-electron chi connectivity index (χ0n) is 15.3. The number of fused-ring (bicyclic) bond motifs is 1. The smallest absolute Gasteiger partial charge is 0.353 e. The van der Waals surface area contributed by atoms with E-state index in [9.17, 15) is 13.2 Å². The Morgan fingerprint density at radius 1 is 1.07 bits per heavy atom. The molecule has 0 radical (unpaired) electrons. The lowest BCUT2D eigenvalue weighted by Crippen LogP contribution is -2.06. The fraction of sp³-hybridized carbons (Fsp3) is 0.238. The molecule has 0 aliphatic rings. The first kappa shape index (κ1) is 18.3. The van der Waals surface area contributed by atoms with Crippen molar-refractivity contribution in [3.63, 3.8) is 0 Å². The van der Waals surface area contributed by atoms with Crippen LogP contribution in [0.15, 0.2) is 53.1 Å². The van der Waals surface area contributed by atoms with Crippen LogP contribution in [0.4, 0.5) is 13.2 Å². The van der Waals surface area contributed by atoms with E-state index in [0.29, 0.717) is 34.1 Å². The number of alkyl halides is 3. The zero-order valence-corrected chi connectivity index (χ0v) is 15.3. The molecule has 0 unspecified atom stereocenters. The third-order valence-electron chi connectivity index (χ3n) is 4.44. The van der Waals surface area contributed by atoms with Crippen LogP contribution in [0.5, 0.6) is 0 Å². The van der Waals surface area contributed by atoms with Gasteiger partial charge in [0, 0.05) is 6.07 Å². The number of rotatable bonds is 4. The van der Waals surface area contributed by atoms with Gasteiger partial charge in [-0.1, -0.05) is 43.3 Å². The van der Waals surface area contributed by atoms with Crippen molar-refractivity contribution in [3.8, 4) is 22.7 Å². The van der Waals surface area contributed by atoms with Gasteiger partial charge in [0.1, 0.15) is 0 Å². The van der Waals surface area contributed by atoms with E-state index in [1.807, 2.05) is 6.07 Å². The molecular weight excluding hydrogens is 367 g/mol. The number of hydrogen-bond donors (Lipinski definition) is 1. The molecule has 0 aliphatic carbocycles. The first-order valence-corrected chi connectivity index (χ1v) is 8.93. The Hall–Kier alpha value is -3.09. The fourth-order valence-electron chi connectivity index (χ4n) is 3.21. The summed E-state index contributed by atoms with van der Waals surface area (Å²) in [5, 5.41) is 4.05. The van der Waals surface area contributed by atoms with Crippen LogP contribution in [0, 0.1) is 5.92 Å². The minimum absolute atomic E-state index is 0.125. The van der Waals surface area contributed by atoms with Crippen molar-refractivity contribution in [2.45, 2.75) is 26.4 Å². The van der Waals surface area contributed by atoms with E-state index in [1.165, 1.54) is 12.1 Å². The molecule has 28 heavy (non-hydrogen) atoms. The molecule has 4 aromatic rings. The van der Waals surface area contributed by atoms with E-state index in [1.54, 1.807) is 24.3 Å². The number of aromatic amines is 1. The highest BCUT2D eigenvalue weighted by Crippen LogP contribution is 2.37. The molecule has 0 saturated carbocycles. The first-order valence-electron chi connectivity index (χ1n) is 8.93. The van der Waals surface area contributed by atoms with Crippen molar-refractivity contribution in [1.82, 2.24) is 15.1 Å². The third-order valence-corrected chi connectivity index (χ3v) is 4.44. The summed E-state index contributed by atoms with van der Waals surface area (Å²) in [6, 6.07) is 12.4. The number of benzene rings is 2. The van der Waals surface area contributed by atoms with Crippen LogP contribution >= 0.6 is 0 Å². The molecule has 0 saturated heterocycles. The Kier molecular flexibility index (Phi) is 4.45. The van der Waals surface area contributed by atoms with Gasteiger partial charge in [0.2, 0.25) is 5.76 Å². The van der Waals surface area contributed by atoms with Crippen molar-refractivity contribution in [1.29, 1.82) is 0 Å². The van der Waals surface area contributed by atoms with Gasteiger partial charge >= 0.3 is 6.18 Å². The average molecular weight is 385 g/mol. The van der Waals surface area contributed by atoms with E-state index in [-0.39, 0.29) is 5.56 Å². The van der Waals surface area contributed by atoms with Crippen LogP contribution in [-0.2, 0) is 12.6 Å². The summed E-state index contributed by atoms with van der Waals surface area (Å²) in [4.78, 5) is 7.62. The maximum atomic E-state index is 13.3. The molecule has 2 aromatic heterocycles. The highest BCUT2D eigenvalue weighted by molar-refractivity contribution is 5.84.